The van der Waals surface area contributed by atoms with Gasteiger partial charge >= 0.3 is 12.0 Å². The summed E-state index contributed by atoms with van der Waals surface area (Å²) in [5, 5.41) is 13.5. The fourth-order valence-electron chi connectivity index (χ4n) is 1.92. The van der Waals surface area contributed by atoms with Gasteiger partial charge in [-0.3, -0.25) is 14.9 Å². The van der Waals surface area contributed by atoms with Crippen LogP contribution in [0.3, 0.4) is 0 Å². The number of nitrogens with one attached hydrogen (secondary N) is 2. The lowest BCUT2D eigenvalue weighted by molar-refractivity contribution is -0.139. The van der Waals surface area contributed by atoms with E-state index in [1.807, 2.05) is 0 Å². The molecule has 7 heteroatoms. The van der Waals surface area contributed by atoms with Gasteiger partial charge in [0.25, 0.3) is 0 Å². The predicted octanol–water partition coefficient (Wildman–Crippen LogP) is 2.06. The van der Waals surface area contributed by atoms with E-state index in [4.69, 9.17) is 9.52 Å². The van der Waals surface area contributed by atoms with Crippen LogP contribution >= 0.6 is 0 Å². The Hall–Kier alpha value is -2.31. The van der Waals surface area contributed by atoms with Crippen LogP contribution in [0, 0.1) is 5.41 Å². The van der Waals surface area contributed by atoms with Crippen molar-refractivity contribution in [3.05, 3.63) is 24.2 Å². The van der Waals surface area contributed by atoms with Crippen LogP contribution < -0.4 is 10.6 Å². The number of amides is 3. The van der Waals surface area contributed by atoms with E-state index in [9.17, 15) is 14.4 Å². The zero-order valence-electron chi connectivity index (χ0n) is 12.3. The molecule has 0 bridgehead atoms. The van der Waals surface area contributed by atoms with Gasteiger partial charge in [-0.1, -0.05) is 13.8 Å². The highest BCUT2D eigenvalue weighted by Crippen LogP contribution is 2.24. The zero-order valence-corrected chi connectivity index (χ0v) is 12.3. The standard InChI is InChI=1S/C14H20N2O5/c1-9(10-5-4-6-21-10)15-13(20)16-11(17)7-14(2,3)8-12(18)19/h4-6,9H,7-8H2,1-3H3,(H,18,19)(H2,15,16,17,20). The molecule has 1 aromatic rings. The van der Waals surface area contributed by atoms with Crippen molar-refractivity contribution in [3.8, 4) is 0 Å². The van der Waals surface area contributed by atoms with Crippen molar-refractivity contribution < 1.29 is 23.9 Å². The molecule has 0 aromatic carbocycles. The molecule has 0 aliphatic heterocycles. The third-order valence-corrected chi connectivity index (χ3v) is 2.84. The predicted molar refractivity (Wildman–Crippen MR) is 74.4 cm³/mol. The Kier molecular flexibility index (Phi) is 5.52. The molecular formula is C14H20N2O5. The number of imide groups is 1. The van der Waals surface area contributed by atoms with Crippen LogP contribution in [0.4, 0.5) is 4.79 Å². The van der Waals surface area contributed by atoms with Gasteiger partial charge in [-0.2, -0.15) is 0 Å². The summed E-state index contributed by atoms with van der Waals surface area (Å²) < 4.78 is 5.13. The second kappa shape index (κ2) is 6.92. The van der Waals surface area contributed by atoms with Crippen LogP contribution in [0.2, 0.25) is 0 Å². The third kappa shape index (κ3) is 6.11. The monoisotopic (exact) mass is 296 g/mol. The molecular weight excluding hydrogens is 276 g/mol. The van der Waals surface area contributed by atoms with Gasteiger partial charge in [0.2, 0.25) is 5.91 Å². The highest BCUT2D eigenvalue weighted by molar-refractivity contribution is 5.94. The van der Waals surface area contributed by atoms with Crippen LogP contribution in [0.25, 0.3) is 0 Å². The lowest BCUT2D eigenvalue weighted by Crippen LogP contribution is -2.42. The van der Waals surface area contributed by atoms with Crippen LogP contribution in [-0.4, -0.2) is 23.0 Å². The lowest BCUT2D eigenvalue weighted by Gasteiger charge is -2.21. The smallest absolute Gasteiger partial charge is 0.322 e. The molecule has 21 heavy (non-hydrogen) atoms. The fourth-order valence-corrected chi connectivity index (χ4v) is 1.92. The van der Waals surface area contributed by atoms with Gasteiger partial charge in [-0.25, -0.2) is 4.79 Å². The van der Waals surface area contributed by atoms with E-state index in [-0.39, 0.29) is 18.9 Å². The molecule has 1 aromatic heterocycles. The normalized spacial score (nSPS) is 12.5. The molecule has 0 spiro atoms. The molecule has 0 saturated carbocycles. The number of hydrogen-bond acceptors (Lipinski definition) is 4. The van der Waals surface area contributed by atoms with Crippen LogP contribution in [0.15, 0.2) is 22.8 Å². The fraction of sp³-hybridized carbons (Fsp3) is 0.500. The quantitative estimate of drug-likeness (QED) is 0.744. The minimum atomic E-state index is -0.983. The average Bonchev–Trinajstić information content (AvgIpc) is 2.77. The van der Waals surface area contributed by atoms with E-state index >= 15 is 0 Å². The largest absolute Gasteiger partial charge is 0.481 e. The van der Waals surface area contributed by atoms with Gasteiger partial charge < -0.3 is 14.8 Å². The molecule has 1 atom stereocenters. The number of carbonyl (C=O) groups excluding carboxylic acids is 2. The van der Waals surface area contributed by atoms with E-state index in [0.29, 0.717) is 5.76 Å². The lowest BCUT2D eigenvalue weighted by atomic mass is 9.85. The van der Waals surface area contributed by atoms with Gasteiger partial charge in [-0.05, 0) is 24.5 Å². The molecule has 3 amide bonds. The first kappa shape index (κ1) is 16.7. The average molecular weight is 296 g/mol. The summed E-state index contributed by atoms with van der Waals surface area (Å²) in [4.78, 5) is 34.1. The van der Waals surface area contributed by atoms with E-state index in [1.165, 1.54) is 6.26 Å². The van der Waals surface area contributed by atoms with Crippen molar-refractivity contribution in [2.45, 2.75) is 39.7 Å². The summed E-state index contributed by atoms with van der Waals surface area (Å²) >= 11 is 0. The molecule has 1 heterocycles. The van der Waals surface area contributed by atoms with Gasteiger partial charge in [0.15, 0.2) is 0 Å². The molecule has 0 radical (unpaired) electrons. The molecule has 1 rings (SSSR count). The summed E-state index contributed by atoms with van der Waals surface area (Å²) in [6, 6.07) is 2.39. The number of carboxylic acids is 1. The Morgan fingerprint density at radius 3 is 2.52 bits per heavy atom. The highest BCUT2D eigenvalue weighted by atomic mass is 16.4. The Bertz CT molecular complexity index is 507. The van der Waals surface area contributed by atoms with Crippen molar-refractivity contribution in [1.82, 2.24) is 10.6 Å². The van der Waals surface area contributed by atoms with Gasteiger partial charge in [-0.15, -0.1) is 0 Å². The molecule has 0 saturated heterocycles. The number of urea groups is 1. The second-order valence-electron chi connectivity index (χ2n) is 5.67. The van der Waals surface area contributed by atoms with Gasteiger partial charge in [0.1, 0.15) is 5.76 Å². The number of aliphatic carboxylic acids is 1. The number of carbonyl (C=O) groups is 3. The van der Waals surface area contributed by atoms with E-state index in [2.05, 4.69) is 10.6 Å². The molecule has 116 valence electrons. The van der Waals surface area contributed by atoms with Crippen LogP contribution in [0.1, 0.15) is 45.4 Å². The SMILES string of the molecule is CC(NC(=O)NC(=O)CC(C)(C)CC(=O)O)c1ccco1. The van der Waals surface area contributed by atoms with Crippen molar-refractivity contribution in [2.75, 3.05) is 0 Å². The maximum atomic E-state index is 11.7. The molecule has 1 unspecified atom stereocenters. The van der Waals surface area contributed by atoms with Crippen LogP contribution in [0.5, 0.6) is 0 Å². The summed E-state index contributed by atoms with van der Waals surface area (Å²) in [5.41, 5.74) is -0.719. The topological polar surface area (TPSA) is 109 Å². The van der Waals surface area contributed by atoms with Crippen molar-refractivity contribution in [3.63, 3.8) is 0 Å². The first-order valence-electron chi connectivity index (χ1n) is 6.55. The Morgan fingerprint density at radius 2 is 2.00 bits per heavy atom. The summed E-state index contributed by atoms with van der Waals surface area (Å²) in [6.07, 6.45) is 1.29. The number of hydrogen-bond donors (Lipinski definition) is 3. The van der Waals surface area contributed by atoms with Crippen LogP contribution in [-0.2, 0) is 9.59 Å². The number of furan rings is 1. The van der Waals surface area contributed by atoms with Gasteiger partial charge in [0.05, 0.1) is 18.7 Å². The summed E-state index contributed by atoms with van der Waals surface area (Å²) in [5.74, 6) is -0.933. The van der Waals surface area contributed by atoms with E-state index < -0.39 is 23.3 Å². The minimum Gasteiger partial charge on any atom is -0.481 e. The molecule has 0 aliphatic rings. The van der Waals surface area contributed by atoms with Gasteiger partial charge in [0, 0.05) is 6.42 Å². The molecule has 0 aliphatic carbocycles. The first-order valence-corrected chi connectivity index (χ1v) is 6.55. The van der Waals surface area contributed by atoms with Crippen molar-refractivity contribution >= 4 is 17.9 Å². The number of carboxylic acid groups (broad SMARTS) is 1. The second-order valence-corrected chi connectivity index (χ2v) is 5.67. The Balaban J connectivity index is 2.44. The molecule has 0 fully saturated rings. The first-order chi connectivity index (χ1) is 9.69. The summed E-state index contributed by atoms with van der Waals surface area (Å²) in [6.45, 7) is 5.03. The van der Waals surface area contributed by atoms with E-state index in [1.54, 1.807) is 32.9 Å². The molecule has 3 N–H and O–H groups in total. The summed E-state index contributed by atoms with van der Waals surface area (Å²) in [7, 11) is 0. The van der Waals surface area contributed by atoms with Crippen molar-refractivity contribution in [1.29, 1.82) is 0 Å². The Morgan fingerprint density at radius 1 is 1.33 bits per heavy atom. The third-order valence-electron chi connectivity index (χ3n) is 2.84. The number of rotatable bonds is 6. The molecule has 7 nitrogen and oxygen atoms in total. The van der Waals surface area contributed by atoms with E-state index in [0.717, 1.165) is 0 Å². The maximum absolute atomic E-state index is 11.7. The maximum Gasteiger partial charge on any atom is 0.322 e. The zero-order chi connectivity index (χ0) is 16.0. The Labute approximate surface area is 122 Å². The highest BCUT2D eigenvalue weighted by Gasteiger charge is 2.26. The van der Waals surface area contributed by atoms with Crippen molar-refractivity contribution in [2.24, 2.45) is 5.41 Å². The minimum absolute atomic E-state index is 0.0537.